The quantitative estimate of drug-likeness (QED) is 0.249. The largest absolute Gasteiger partial charge is 0.490 e. The van der Waals surface area contributed by atoms with Gasteiger partial charge < -0.3 is 9.47 Å². The second-order valence-corrected chi connectivity index (χ2v) is 10.4. The fourth-order valence-corrected chi connectivity index (χ4v) is 5.12. The van der Waals surface area contributed by atoms with Crippen molar-refractivity contribution in [2.75, 3.05) is 6.61 Å². The fraction of sp³-hybridized carbons (Fsp3) is 0.154. The van der Waals surface area contributed by atoms with Crippen LogP contribution in [-0.4, -0.2) is 22.7 Å². The summed E-state index contributed by atoms with van der Waals surface area (Å²) in [7, 11) is 0. The van der Waals surface area contributed by atoms with Crippen LogP contribution in [0, 0.1) is 0 Å². The number of thioether (sulfide) groups is 1. The van der Waals surface area contributed by atoms with Gasteiger partial charge in [0.25, 0.3) is 11.1 Å². The maximum absolute atomic E-state index is 13.0. The van der Waals surface area contributed by atoms with Gasteiger partial charge >= 0.3 is 0 Å². The number of carbonyl (C=O) groups is 2. The minimum atomic E-state index is -0.423. The van der Waals surface area contributed by atoms with Crippen molar-refractivity contribution in [1.82, 2.24) is 4.90 Å². The molecule has 3 aromatic rings. The molecule has 4 rings (SSSR count). The van der Waals surface area contributed by atoms with E-state index in [4.69, 9.17) is 55.9 Å². The Hall–Kier alpha value is -2.35. The number of benzene rings is 3. The van der Waals surface area contributed by atoms with Crippen LogP contribution in [0.5, 0.6) is 11.5 Å². The minimum absolute atomic E-state index is 0.0421. The van der Waals surface area contributed by atoms with E-state index in [0.717, 1.165) is 22.2 Å². The lowest BCUT2D eigenvalue weighted by atomic mass is 10.1. The lowest BCUT2D eigenvalue weighted by molar-refractivity contribution is -0.123. The molecule has 0 N–H and O–H groups in total. The van der Waals surface area contributed by atoms with Crippen molar-refractivity contribution in [3.05, 3.63) is 96.3 Å². The van der Waals surface area contributed by atoms with Crippen LogP contribution >= 0.6 is 58.2 Å². The first-order chi connectivity index (χ1) is 17.2. The van der Waals surface area contributed by atoms with Crippen LogP contribution in [0.25, 0.3) is 6.08 Å². The zero-order chi connectivity index (χ0) is 25.8. The maximum atomic E-state index is 13.0. The van der Waals surface area contributed by atoms with Gasteiger partial charge in [0.2, 0.25) is 0 Å². The highest BCUT2D eigenvalue weighted by Crippen LogP contribution is 2.40. The summed E-state index contributed by atoms with van der Waals surface area (Å²) in [6.07, 6.45) is 1.60. The molecule has 0 unspecified atom stereocenters. The van der Waals surface area contributed by atoms with Crippen LogP contribution in [0.1, 0.15) is 23.6 Å². The number of nitrogens with zero attached hydrogens (tertiary/aromatic N) is 1. The molecule has 0 spiro atoms. The van der Waals surface area contributed by atoms with Crippen LogP contribution in [0.4, 0.5) is 4.79 Å². The monoisotopic (exact) mass is 581 g/mol. The topological polar surface area (TPSA) is 55.8 Å². The summed E-state index contributed by atoms with van der Waals surface area (Å²) >= 11 is 25.5. The van der Waals surface area contributed by atoms with E-state index < -0.39 is 11.1 Å². The Labute approximate surface area is 232 Å². The van der Waals surface area contributed by atoms with Gasteiger partial charge in [-0.3, -0.25) is 14.5 Å². The number of rotatable bonds is 8. The van der Waals surface area contributed by atoms with Crippen LogP contribution in [0.2, 0.25) is 20.1 Å². The Balaban J connectivity index is 1.55. The molecule has 1 fully saturated rings. The Morgan fingerprint density at radius 1 is 0.889 bits per heavy atom. The van der Waals surface area contributed by atoms with E-state index >= 15 is 0 Å². The first-order valence-electron chi connectivity index (χ1n) is 10.8. The van der Waals surface area contributed by atoms with Gasteiger partial charge in [-0.05, 0) is 77.9 Å². The number of imide groups is 1. The van der Waals surface area contributed by atoms with Gasteiger partial charge in [0.05, 0.1) is 23.1 Å². The third-order valence-corrected chi connectivity index (χ3v) is 7.17. The van der Waals surface area contributed by atoms with Crippen molar-refractivity contribution in [3.8, 4) is 11.5 Å². The van der Waals surface area contributed by atoms with E-state index in [1.165, 1.54) is 0 Å². The molecule has 0 radical (unpaired) electrons. The minimum Gasteiger partial charge on any atom is -0.490 e. The van der Waals surface area contributed by atoms with E-state index in [0.29, 0.717) is 49.3 Å². The van der Waals surface area contributed by atoms with Crippen molar-refractivity contribution in [3.63, 3.8) is 0 Å². The summed E-state index contributed by atoms with van der Waals surface area (Å²) in [5.74, 6) is 0.390. The molecule has 10 heteroatoms. The van der Waals surface area contributed by atoms with Gasteiger partial charge in [0.1, 0.15) is 6.61 Å². The fourth-order valence-electron chi connectivity index (χ4n) is 3.42. The molecule has 0 bridgehead atoms. The van der Waals surface area contributed by atoms with E-state index in [1.807, 2.05) is 19.1 Å². The normalized spacial score (nSPS) is 14.6. The molecule has 1 saturated heterocycles. The summed E-state index contributed by atoms with van der Waals surface area (Å²) in [6, 6.07) is 15.6. The Morgan fingerprint density at radius 3 is 2.31 bits per heavy atom. The maximum Gasteiger partial charge on any atom is 0.293 e. The van der Waals surface area contributed by atoms with Gasteiger partial charge in [-0.1, -0.05) is 64.6 Å². The molecule has 1 aliphatic rings. The molecule has 0 atom stereocenters. The van der Waals surface area contributed by atoms with E-state index in [2.05, 4.69) is 0 Å². The summed E-state index contributed by atoms with van der Waals surface area (Å²) in [5.41, 5.74) is 2.13. The first kappa shape index (κ1) is 26.7. The predicted molar refractivity (Wildman–Crippen MR) is 146 cm³/mol. The Bertz CT molecular complexity index is 1340. The van der Waals surface area contributed by atoms with Crippen LogP contribution in [0.15, 0.2) is 59.5 Å². The lowest BCUT2D eigenvalue weighted by Crippen LogP contribution is -2.27. The van der Waals surface area contributed by atoms with E-state index in [1.54, 1.807) is 48.5 Å². The average molecular weight is 583 g/mol. The van der Waals surface area contributed by atoms with Crippen molar-refractivity contribution >= 4 is 75.4 Å². The molecule has 0 aromatic heterocycles. The van der Waals surface area contributed by atoms with Crippen LogP contribution in [-0.2, 0) is 17.9 Å². The summed E-state index contributed by atoms with van der Waals surface area (Å²) in [6.45, 7) is 2.54. The highest BCUT2D eigenvalue weighted by Gasteiger charge is 2.35. The summed E-state index contributed by atoms with van der Waals surface area (Å²) in [4.78, 5) is 27.0. The molecular weight excluding hydrogens is 564 g/mol. The van der Waals surface area contributed by atoms with Crippen LogP contribution < -0.4 is 9.47 Å². The third-order valence-electron chi connectivity index (χ3n) is 5.14. The predicted octanol–water partition coefficient (Wildman–Crippen LogP) is 8.51. The molecule has 36 heavy (non-hydrogen) atoms. The lowest BCUT2D eigenvalue weighted by Gasteiger charge is -2.15. The zero-order valence-corrected chi connectivity index (χ0v) is 22.7. The van der Waals surface area contributed by atoms with E-state index in [-0.39, 0.29) is 18.1 Å². The second-order valence-electron chi connectivity index (χ2n) is 7.68. The average Bonchev–Trinajstić information content (AvgIpc) is 3.08. The molecule has 0 saturated carbocycles. The summed E-state index contributed by atoms with van der Waals surface area (Å²) in [5, 5.41) is 1.41. The van der Waals surface area contributed by atoms with Crippen molar-refractivity contribution in [2.45, 2.75) is 20.1 Å². The number of amides is 2. The molecule has 2 amide bonds. The van der Waals surface area contributed by atoms with Gasteiger partial charge in [0, 0.05) is 15.1 Å². The summed E-state index contributed by atoms with van der Waals surface area (Å²) < 4.78 is 11.7. The first-order valence-corrected chi connectivity index (χ1v) is 13.1. The number of hydrogen-bond donors (Lipinski definition) is 0. The van der Waals surface area contributed by atoms with Crippen molar-refractivity contribution < 1.29 is 19.1 Å². The van der Waals surface area contributed by atoms with Crippen LogP contribution in [0.3, 0.4) is 0 Å². The zero-order valence-electron chi connectivity index (χ0n) is 18.9. The molecule has 1 aliphatic heterocycles. The highest BCUT2D eigenvalue weighted by atomic mass is 35.5. The number of carbonyl (C=O) groups excluding carboxylic acids is 2. The molecule has 186 valence electrons. The van der Waals surface area contributed by atoms with Gasteiger partial charge in [0.15, 0.2) is 11.5 Å². The van der Waals surface area contributed by atoms with Gasteiger partial charge in [-0.15, -0.1) is 0 Å². The SMILES string of the molecule is CCOc1cc(/C=C2/SC(=O)N(Cc3ccc(Cl)cc3Cl)C2=O)cc(Cl)c1OCc1ccc(Cl)cc1. The van der Waals surface area contributed by atoms with Crippen molar-refractivity contribution in [1.29, 1.82) is 0 Å². The third kappa shape index (κ3) is 6.31. The number of hydrogen-bond acceptors (Lipinski definition) is 5. The molecule has 1 heterocycles. The smallest absolute Gasteiger partial charge is 0.293 e. The molecule has 0 aliphatic carbocycles. The molecule has 5 nitrogen and oxygen atoms in total. The Morgan fingerprint density at radius 2 is 1.61 bits per heavy atom. The molecule has 3 aromatic carbocycles. The van der Waals surface area contributed by atoms with Gasteiger partial charge in [-0.25, -0.2) is 0 Å². The number of ether oxygens (including phenoxy) is 2. The Kier molecular flexibility index (Phi) is 8.75. The van der Waals surface area contributed by atoms with E-state index in [9.17, 15) is 9.59 Å². The number of halogens is 4. The molecular formula is C26H19Cl4NO4S. The highest BCUT2D eigenvalue weighted by molar-refractivity contribution is 8.18. The van der Waals surface area contributed by atoms with Gasteiger partial charge in [-0.2, -0.15) is 0 Å². The van der Waals surface area contributed by atoms with Crippen molar-refractivity contribution in [2.24, 2.45) is 0 Å². The standard InChI is InChI=1S/C26H19Cl4NO4S/c1-2-34-22-10-16(9-21(30)24(22)35-14-15-3-6-18(27)7-4-15)11-23-25(32)31(26(33)36-23)13-17-5-8-19(28)12-20(17)29/h3-12H,2,13-14H2,1H3/b23-11+. The second kappa shape index (κ2) is 11.8.